The average molecular weight is 258 g/mol. The van der Waals surface area contributed by atoms with Gasteiger partial charge < -0.3 is 0 Å². The Labute approximate surface area is 112 Å². The van der Waals surface area contributed by atoms with Gasteiger partial charge in [-0.2, -0.15) is 10.1 Å². The Morgan fingerprint density at radius 2 is 1.89 bits per heavy atom. The summed E-state index contributed by atoms with van der Waals surface area (Å²) in [6.07, 6.45) is 5.28. The Morgan fingerprint density at radius 3 is 2.63 bits per heavy atom. The number of anilines is 1. The molecular formula is C14H18N4O. The highest BCUT2D eigenvalue weighted by Crippen LogP contribution is 2.30. The van der Waals surface area contributed by atoms with Crippen LogP contribution in [0, 0.1) is 19.8 Å². The predicted octanol–water partition coefficient (Wildman–Crippen LogP) is 2.38. The molecule has 0 spiro atoms. The lowest BCUT2D eigenvalue weighted by atomic mass is 9.98. The van der Waals surface area contributed by atoms with Gasteiger partial charge in [-0.05, 0) is 39.2 Å². The van der Waals surface area contributed by atoms with Gasteiger partial charge in [-0.3, -0.25) is 4.79 Å². The van der Waals surface area contributed by atoms with E-state index in [2.05, 4.69) is 15.1 Å². The smallest absolute Gasteiger partial charge is 0.258 e. The zero-order valence-corrected chi connectivity index (χ0v) is 11.4. The minimum atomic E-state index is -0.0353. The number of hydrazone groups is 1. The fourth-order valence-electron chi connectivity index (χ4n) is 2.83. The van der Waals surface area contributed by atoms with Crippen LogP contribution in [0.25, 0.3) is 0 Å². The minimum absolute atomic E-state index is 0.0353. The van der Waals surface area contributed by atoms with E-state index in [1.165, 1.54) is 11.4 Å². The third kappa shape index (κ3) is 2.25. The van der Waals surface area contributed by atoms with Crippen LogP contribution in [0.4, 0.5) is 5.95 Å². The lowest BCUT2D eigenvalue weighted by molar-refractivity contribution is -0.120. The second kappa shape index (κ2) is 4.72. The number of aryl methyl sites for hydroxylation is 2. The van der Waals surface area contributed by atoms with E-state index in [4.69, 9.17) is 0 Å². The van der Waals surface area contributed by atoms with E-state index in [1.807, 2.05) is 19.9 Å². The molecular weight excluding hydrogens is 240 g/mol. The Kier molecular flexibility index (Phi) is 3.05. The maximum atomic E-state index is 12.4. The summed E-state index contributed by atoms with van der Waals surface area (Å²) in [7, 11) is 0. The van der Waals surface area contributed by atoms with Gasteiger partial charge in [0.25, 0.3) is 11.9 Å². The van der Waals surface area contributed by atoms with Gasteiger partial charge in [0, 0.05) is 11.4 Å². The highest BCUT2D eigenvalue weighted by Gasteiger charge is 2.38. The van der Waals surface area contributed by atoms with Crippen molar-refractivity contribution in [3.63, 3.8) is 0 Å². The lowest BCUT2D eigenvalue weighted by Crippen LogP contribution is -2.28. The van der Waals surface area contributed by atoms with E-state index >= 15 is 0 Å². The summed E-state index contributed by atoms with van der Waals surface area (Å²) < 4.78 is 0. The third-order valence-electron chi connectivity index (χ3n) is 3.72. The molecule has 1 amide bonds. The number of carbonyl (C=O) groups excluding carboxylic acids is 1. The summed E-state index contributed by atoms with van der Waals surface area (Å²) in [6.45, 7) is 3.81. The van der Waals surface area contributed by atoms with Crippen molar-refractivity contribution in [3.8, 4) is 0 Å². The first-order chi connectivity index (χ1) is 9.15. The van der Waals surface area contributed by atoms with E-state index < -0.39 is 0 Å². The van der Waals surface area contributed by atoms with E-state index in [0.717, 1.165) is 42.8 Å². The average Bonchev–Trinajstić information content (AvgIpc) is 2.55. The van der Waals surface area contributed by atoms with Gasteiger partial charge in [-0.25, -0.2) is 9.97 Å². The van der Waals surface area contributed by atoms with Crippen molar-refractivity contribution in [1.82, 2.24) is 9.97 Å². The third-order valence-corrected chi connectivity index (χ3v) is 3.72. The van der Waals surface area contributed by atoms with Crippen molar-refractivity contribution < 1.29 is 4.79 Å². The number of carbonyl (C=O) groups is 1. The second-order valence-corrected chi connectivity index (χ2v) is 5.34. The van der Waals surface area contributed by atoms with E-state index in [1.54, 1.807) is 0 Å². The highest BCUT2D eigenvalue weighted by atomic mass is 16.2. The molecule has 2 aliphatic rings. The van der Waals surface area contributed by atoms with Gasteiger partial charge in [0.15, 0.2) is 0 Å². The van der Waals surface area contributed by atoms with E-state index in [9.17, 15) is 4.79 Å². The fourth-order valence-corrected chi connectivity index (χ4v) is 2.83. The second-order valence-electron chi connectivity index (χ2n) is 5.34. The number of hydrogen-bond donors (Lipinski definition) is 0. The molecule has 1 aromatic rings. The first-order valence-electron chi connectivity index (χ1n) is 6.89. The van der Waals surface area contributed by atoms with Gasteiger partial charge >= 0.3 is 0 Å². The summed E-state index contributed by atoms with van der Waals surface area (Å²) in [5.41, 5.74) is 2.75. The quantitative estimate of drug-likeness (QED) is 0.777. The molecule has 1 aromatic heterocycles. The van der Waals surface area contributed by atoms with Gasteiger partial charge in [-0.15, -0.1) is 0 Å². The maximum Gasteiger partial charge on any atom is 0.258 e. The van der Waals surface area contributed by atoms with Crippen molar-refractivity contribution in [2.24, 2.45) is 11.0 Å². The Hall–Kier alpha value is -1.78. The number of amides is 1. The molecule has 0 bridgehead atoms. The van der Waals surface area contributed by atoms with Gasteiger partial charge in [0.05, 0.1) is 11.6 Å². The molecule has 0 saturated heterocycles. The molecule has 1 atom stereocenters. The summed E-state index contributed by atoms with van der Waals surface area (Å²) in [4.78, 5) is 21.1. The number of rotatable bonds is 1. The molecule has 1 fully saturated rings. The molecule has 19 heavy (non-hydrogen) atoms. The highest BCUT2D eigenvalue weighted by molar-refractivity contribution is 6.15. The van der Waals surface area contributed by atoms with Crippen LogP contribution in [0.2, 0.25) is 0 Å². The molecule has 1 saturated carbocycles. The Bertz CT molecular complexity index is 532. The topological polar surface area (TPSA) is 58.5 Å². The molecule has 100 valence electrons. The van der Waals surface area contributed by atoms with E-state index in [-0.39, 0.29) is 11.8 Å². The van der Waals surface area contributed by atoms with Crippen LogP contribution in [0.5, 0.6) is 0 Å². The maximum absolute atomic E-state index is 12.4. The molecule has 1 aliphatic carbocycles. The molecule has 1 aliphatic heterocycles. The molecule has 1 unspecified atom stereocenters. The molecule has 3 rings (SSSR count). The van der Waals surface area contributed by atoms with Crippen molar-refractivity contribution in [3.05, 3.63) is 17.5 Å². The number of aromatic nitrogens is 2. The monoisotopic (exact) mass is 258 g/mol. The van der Waals surface area contributed by atoms with Crippen LogP contribution in [0.3, 0.4) is 0 Å². The van der Waals surface area contributed by atoms with Crippen LogP contribution in [-0.2, 0) is 4.79 Å². The Morgan fingerprint density at radius 1 is 1.16 bits per heavy atom. The SMILES string of the molecule is Cc1cc(C)nc(N2N=C3CCCCCC3C2=O)n1. The summed E-state index contributed by atoms with van der Waals surface area (Å²) in [5.74, 6) is 0.428. The fraction of sp³-hybridized carbons (Fsp3) is 0.571. The lowest BCUT2D eigenvalue weighted by Gasteiger charge is -2.12. The zero-order chi connectivity index (χ0) is 13.4. The molecule has 2 heterocycles. The van der Waals surface area contributed by atoms with Crippen molar-refractivity contribution in [2.75, 3.05) is 5.01 Å². The first-order valence-corrected chi connectivity index (χ1v) is 6.89. The van der Waals surface area contributed by atoms with E-state index in [0.29, 0.717) is 5.95 Å². The van der Waals surface area contributed by atoms with Crippen molar-refractivity contribution in [2.45, 2.75) is 46.0 Å². The van der Waals surface area contributed by atoms with Crippen molar-refractivity contribution in [1.29, 1.82) is 0 Å². The molecule has 5 heteroatoms. The number of fused-ring (bicyclic) bond motifs is 1. The van der Waals surface area contributed by atoms with Crippen LogP contribution in [0.15, 0.2) is 11.2 Å². The minimum Gasteiger partial charge on any atom is -0.272 e. The molecule has 0 N–H and O–H groups in total. The summed E-state index contributed by atoms with van der Waals surface area (Å²) in [5, 5.41) is 5.89. The van der Waals surface area contributed by atoms with Gasteiger partial charge in [-0.1, -0.05) is 12.8 Å². The molecule has 0 radical (unpaired) electrons. The predicted molar refractivity (Wildman–Crippen MR) is 73.0 cm³/mol. The molecule has 5 nitrogen and oxygen atoms in total. The van der Waals surface area contributed by atoms with Crippen molar-refractivity contribution >= 4 is 17.6 Å². The number of hydrogen-bond acceptors (Lipinski definition) is 4. The number of nitrogens with zero attached hydrogens (tertiary/aromatic N) is 4. The van der Waals surface area contributed by atoms with Gasteiger partial charge in [0.1, 0.15) is 0 Å². The largest absolute Gasteiger partial charge is 0.272 e. The van der Waals surface area contributed by atoms with Crippen LogP contribution < -0.4 is 5.01 Å². The van der Waals surface area contributed by atoms with Gasteiger partial charge in [0.2, 0.25) is 0 Å². The Balaban J connectivity index is 1.95. The summed E-state index contributed by atoms with van der Waals surface area (Å²) >= 11 is 0. The van der Waals surface area contributed by atoms with Crippen LogP contribution >= 0.6 is 0 Å². The summed E-state index contributed by atoms with van der Waals surface area (Å²) in [6, 6.07) is 1.90. The zero-order valence-electron chi connectivity index (χ0n) is 11.4. The van der Waals surface area contributed by atoms with Crippen LogP contribution in [0.1, 0.15) is 43.5 Å². The standard InChI is InChI=1S/C14H18N4O/c1-9-8-10(2)16-14(15-9)18-13(19)11-6-4-3-5-7-12(11)17-18/h8,11H,3-7H2,1-2H3. The normalized spacial score (nSPS) is 23.1. The van der Waals surface area contributed by atoms with Crippen LogP contribution in [-0.4, -0.2) is 21.6 Å². The molecule has 0 aromatic carbocycles. The first kappa shape index (κ1) is 12.3.